The van der Waals surface area contributed by atoms with Crippen LogP contribution in [0, 0.1) is 16.7 Å². The second kappa shape index (κ2) is 6.85. The summed E-state index contributed by atoms with van der Waals surface area (Å²) in [5.74, 6) is 1.03. The predicted octanol–water partition coefficient (Wildman–Crippen LogP) is 3.77. The highest BCUT2D eigenvalue weighted by Gasteiger charge is 2.55. The van der Waals surface area contributed by atoms with Gasteiger partial charge in [-0.15, -0.1) is 0 Å². The molecular weight excluding hydrogens is 366 g/mol. The Morgan fingerprint density at radius 3 is 2.76 bits per heavy atom. The highest BCUT2D eigenvalue weighted by Crippen LogP contribution is 2.59. The second-order valence-electron chi connectivity index (χ2n) is 9.72. The summed E-state index contributed by atoms with van der Waals surface area (Å²) in [6.45, 7) is 4.67. The van der Waals surface area contributed by atoms with Gasteiger partial charge in [-0.1, -0.05) is 13.3 Å². The van der Waals surface area contributed by atoms with Gasteiger partial charge in [-0.25, -0.2) is 0 Å². The molecule has 0 aromatic carbocycles. The summed E-state index contributed by atoms with van der Waals surface area (Å²) in [5.41, 5.74) is 1.21. The Bertz CT molecular complexity index is 905. The zero-order chi connectivity index (χ0) is 20.1. The van der Waals surface area contributed by atoms with Gasteiger partial charge in [0, 0.05) is 37.6 Å². The molecule has 2 aromatic rings. The molecular formula is C23H29N3O3. The minimum Gasteiger partial charge on any atom is -0.449 e. The van der Waals surface area contributed by atoms with Gasteiger partial charge in [0.05, 0.1) is 6.20 Å². The summed E-state index contributed by atoms with van der Waals surface area (Å²) in [5, 5.41) is 3.93. The normalized spacial score (nSPS) is 24.3. The molecule has 2 aromatic heterocycles. The van der Waals surface area contributed by atoms with E-state index in [2.05, 4.69) is 22.1 Å². The van der Waals surface area contributed by atoms with Crippen molar-refractivity contribution in [2.24, 2.45) is 16.7 Å². The molecule has 2 amide bonds. The van der Waals surface area contributed by atoms with E-state index >= 15 is 0 Å². The molecule has 3 fully saturated rings. The number of carbonyl (C=O) groups excluding carboxylic acids is 2. The molecule has 29 heavy (non-hydrogen) atoms. The summed E-state index contributed by atoms with van der Waals surface area (Å²) >= 11 is 0. The molecule has 1 saturated heterocycles. The van der Waals surface area contributed by atoms with Gasteiger partial charge in [0.2, 0.25) is 5.91 Å². The lowest BCUT2D eigenvalue weighted by Crippen LogP contribution is -2.43. The van der Waals surface area contributed by atoms with Crippen molar-refractivity contribution in [3.05, 3.63) is 30.3 Å². The third-order valence-corrected chi connectivity index (χ3v) is 7.67. The maximum atomic E-state index is 12.6. The summed E-state index contributed by atoms with van der Waals surface area (Å²) < 4.78 is 5.59. The first-order valence-corrected chi connectivity index (χ1v) is 10.9. The molecule has 5 rings (SSSR count). The number of fused-ring (bicyclic) bond motifs is 1. The highest BCUT2D eigenvalue weighted by molar-refractivity contribution is 5.95. The van der Waals surface area contributed by atoms with Crippen LogP contribution < -0.4 is 5.32 Å². The van der Waals surface area contributed by atoms with Crippen LogP contribution in [0.3, 0.4) is 0 Å². The lowest BCUT2D eigenvalue weighted by Gasteiger charge is -2.40. The Hall–Kier alpha value is -2.37. The maximum absolute atomic E-state index is 12.6. The van der Waals surface area contributed by atoms with E-state index in [1.54, 1.807) is 18.5 Å². The van der Waals surface area contributed by atoms with Gasteiger partial charge in [0.1, 0.15) is 0 Å². The molecule has 2 aliphatic carbocycles. The van der Waals surface area contributed by atoms with E-state index in [9.17, 15) is 9.59 Å². The van der Waals surface area contributed by atoms with E-state index < -0.39 is 0 Å². The molecule has 3 heterocycles. The zero-order valence-electron chi connectivity index (χ0n) is 17.1. The smallest absolute Gasteiger partial charge is 0.287 e. The van der Waals surface area contributed by atoms with Crippen molar-refractivity contribution in [3.63, 3.8) is 0 Å². The van der Waals surface area contributed by atoms with Gasteiger partial charge in [0.15, 0.2) is 11.3 Å². The number of piperidine rings is 1. The lowest BCUT2D eigenvalue weighted by molar-refractivity contribution is -0.136. The summed E-state index contributed by atoms with van der Waals surface area (Å²) in [6.07, 6.45) is 11.0. The average molecular weight is 396 g/mol. The molecule has 0 bridgehead atoms. The molecule has 2 saturated carbocycles. The molecule has 6 nitrogen and oxygen atoms in total. The highest BCUT2D eigenvalue weighted by atomic mass is 16.3. The Morgan fingerprint density at radius 2 is 2.07 bits per heavy atom. The minimum absolute atomic E-state index is 0.162. The van der Waals surface area contributed by atoms with Gasteiger partial charge in [0.25, 0.3) is 5.91 Å². The molecule has 1 unspecified atom stereocenters. The van der Waals surface area contributed by atoms with Crippen molar-refractivity contribution in [1.29, 1.82) is 0 Å². The largest absolute Gasteiger partial charge is 0.449 e. The minimum atomic E-state index is -0.162. The van der Waals surface area contributed by atoms with Crippen LogP contribution in [-0.4, -0.2) is 41.3 Å². The molecule has 6 heteroatoms. The van der Waals surface area contributed by atoms with Crippen LogP contribution in [-0.2, 0) is 4.79 Å². The number of carbonyl (C=O) groups is 2. The number of pyridine rings is 1. The van der Waals surface area contributed by atoms with Gasteiger partial charge < -0.3 is 14.6 Å². The van der Waals surface area contributed by atoms with E-state index in [0.717, 1.165) is 37.7 Å². The Balaban J connectivity index is 1.10. The molecule has 0 radical (unpaired) electrons. The SMILES string of the molecule is CC1(CC(=O)N2CCC3(CC2)CC3CNC(=O)c2cc3ccncc3o2)CCC1. The third-order valence-electron chi connectivity index (χ3n) is 7.67. The van der Waals surface area contributed by atoms with E-state index in [1.165, 1.54) is 19.3 Å². The van der Waals surface area contributed by atoms with Crippen LogP contribution in [0.1, 0.15) is 62.4 Å². The third kappa shape index (κ3) is 3.53. The number of likely N-dealkylation sites (tertiary alicyclic amines) is 1. The van der Waals surface area contributed by atoms with Crippen LogP contribution in [0.2, 0.25) is 0 Å². The number of amides is 2. The Morgan fingerprint density at radius 1 is 1.28 bits per heavy atom. The first kappa shape index (κ1) is 18.6. The van der Waals surface area contributed by atoms with Crippen LogP contribution in [0.4, 0.5) is 0 Å². The quantitative estimate of drug-likeness (QED) is 0.836. The second-order valence-corrected chi connectivity index (χ2v) is 9.72. The number of nitrogens with one attached hydrogen (secondary N) is 1. The van der Waals surface area contributed by atoms with E-state index in [0.29, 0.717) is 41.5 Å². The topological polar surface area (TPSA) is 75.4 Å². The first-order chi connectivity index (χ1) is 14.0. The number of nitrogens with zero attached hydrogens (tertiary/aromatic N) is 2. The predicted molar refractivity (Wildman–Crippen MR) is 109 cm³/mol. The standard InChI is InChI=1S/C23H29N3O3/c1-22(4-2-5-22)13-20(27)26-9-6-23(7-10-26)12-17(23)14-25-21(28)18-11-16-3-8-24-15-19(16)29-18/h3,8,11,15,17H,2,4-7,9-10,12-14H2,1H3,(H,25,28). The van der Waals surface area contributed by atoms with Crippen LogP contribution >= 0.6 is 0 Å². The Kier molecular flexibility index (Phi) is 4.41. The molecule has 154 valence electrons. The number of hydrogen-bond acceptors (Lipinski definition) is 4. The van der Waals surface area contributed by atoms with Gasteiger partial charge in [-0.3, -0.25) is 14.6 Å². The van der Waals surface area contributed by atoms with E-state index in [1.807, 2.05) is 6.07 Å². The molecule has 1 spiro atoms. The summed E-state index contributed by atoms with van der Waals surface area (Å²) in [7, 11) is 0. The van der Waals surface area contributed by atoms with Gasteiger partial charge in [-0.05, 0) is 61.0 Å². The van der Waals surface area contributed by atoms with Crippen molar-refractivity contribution in [2.75, 3.05) is 19.6 Å². The fourth-order valence-electron chi connectivity index (χ4n) is 5.27. The van der Waals surface area contributed by atoms with Crippen LogP contribution in [0.25, 0.3) is 11.0 Å². The van der Waals surface area contributed by atoms with Crippen molar-refractivity contribution in [2.45, 2.75) is 51.9 Å². The number of aromatic nitrogens is 1. The van der Waals surface area contributed by atoms with Crippen molar-refractivity contribution >= 4 is 22.8 Å². The Labute approximate surface area is 171 Å². The average Bonchev–Trinajstić information content (AvgIpc) is 3.17. The van der Waals surface area contributed by atoms with Gasteiger partial charge >= 0.3 is 0 Å². The van der Waals surface area contributed by atoms with Crippen molar-refractivity contribution in [3.8, 4) is 0 Å². The van der Waals surface area contributed by atoms with Crippen LogP contribution in [0.5, 0.6) is 0 Å². The zero-order valence-corrected chi connectivity index (χ0v) is 17.1. The first-order valence-electron chi connectivity index (χ1n) is 10.9. The summed E-state index contributed by atoms with van der Waals surface area (Å²) in [4.78, 5) is 31.2. The molecule has 1 atom stereocenters. The van der Waals surface area contributed by atoms with Gasteiger partial charge in [-0.2, -0.15) is 0 Å². The molecule has 1 aliphatic heterocycles. The van der Waals surface area contributed by atoms with Crippen molar-refractivity contribution in [1.82, 2.24) is 15.2 Å². The summed E-state index contributed by atoms with van der Waals surface area (Å²) in [6, 6.07) is 3.60. The number of furan rings is 1. The van der Waals surface area contributed by atoms with E-state index in [-0.39, 0.29) is 11.3 Å². The number of hydrogen-bond donors (Lipinski definition) is 1. The maximum Gasteiger partial charge on any atom is 0.287 e. The number of rotatable bonds is 5. The fraction of sp³-hybridized carbons (Fsp3) is 0.609. The van der Waals surface area contributed by atoms with Crippen molar-refractivity contribution < 1.29 is 14.0 Å². The monoisotopic (exact) mass is 395 g/mol. The van der Waals surface area contributed by atoms with Crippen LogP contribution in [0.15, 0.2) is 28.9 Å². The lowest BCUT2D eigenvalue weighted by atomic mass is 9.68. The molecule has 1 N–H and O–H groups in total. The molecule has 3 aliphatic rings. The van der Waals surface area contributed by atoms with E-state index in [4.69, 9.17) is 4.42 Å². The fourth-order valence-corrected chi connectivity index (χ4v) is 5.27.